The van der Waals surface area contributed by atoms with Crippen LogP contribution in [0.4, 0.5) is 0 Å². The summed E-state index contributed by atoms with van der Waals surface area (Å²) in [5, 5.41) is 14.8. The average molecular weight is 298 g/mol. The van der Waals surface area contributed by atoms with E-state index >= 15 is 0 Å². The Balaban J connectivity index is 2.95. The number of carbonyl (C=O) groups excluding carboxylic acids is 2. The number of nitrogens with one attached hydrogen (secondary N) is 1. The molecule has 1 fully saturated rings. The van der Waals surface area contributed by atoms with Crippen molar-refractivity contribution in [2.24, 2.45) is 16.3 Å². The summed E-state index contributed by atoms with van der Waals surface area (Å²) in [6.45, 7) is 4.59. The molecular formula is C14H26N4O3. The summed E-state index contributed by atoms with van der Waals surface area (Å²) in [7, 11) is 0. The fraction of sp³-hybridized carbons (Fsp3) is 0.786. The molecule has 0 aromatic rings. The van der Waals surface area contributed by atoms with Gasteiger partial charge in [-0.15, -0.1) is 0 Å². The molecule has 0 heterocycles. The number of hydrogen-bond donors (Lipinski definition) is 3. The monoisotopic (exact) mass is 298 g/mol. The summed E-state index contributed by atoms with van der Waals surface area (Å²) in [6.07, 6.45) is 3.89. The summed E-state index contributed by atoms with van der Waals surface area (Å²) < 4.78 is 0. The number of hydrogen-bond acceptors (Lipinski definition) is 4. The molecule has 1 aliphatic carbocycles. The molecule has 0 radical (unpaired) electrons. The molecule has 7 heteroatoms. The standard InChI is InChI=1S/C14H26N4O3/c1-3-16-11(19)10-18(4-2)13(20)14(12(15)17-21)8-6-5-7-9-14/h21H,3-10H2,1-2H3,(H2,15,17)(H,16,19). The Morgan fingerprint density at radius 3 is 2.38 bits per heavy atom. The van der Waals surface area contributed by atoms with Crippen molar-refractivity contribution in [2.75, 3.05) is 19.6 Å². The summed E-state index contributed by atoms with van der Waals surface area (Å²) in [5.41, 5.74) is 4.85. The first-order valence-corrected chi connectivity index (χ1v) is 7.56. The quantitative estimate of drug-likeness (QED) is 0.290. The molecule has 0 saturated heterocycles. The molecule has 1 saturated carbocycles. The Labute approximate surface area is 125 Å². The van der Waals surface area contributed by atoms with Crippen LogP contribution in [-0.2, 0) is 9.59 Å². The minimum atomic E-state index is -0.963. The maximum Gasteiger partial charge on any atom is 0.239 e. The summed E-state index contributed by atoms with van der Waals surface area (Å²) in [4.78, 5) is 26.1. The first-order chi connectivity index (χ1) is 10.0. The van der Waals surface area contributed by atoms with Gasteiger partial charge in [-0.05, 0) is 26.7 Å². The molecule has 1 aliphatic rings. The lowest BCUT2D eigenvalue weighted by Gasteiger charge is -2.38. The van der Waals surface area contributed by atoms with Gasteiger partial charge in [0, 0.05) is 13.1 Å². The normalized spacial score (nSPS) is 18.1. The van der Waals surface area contributed by atoms with Gasteiger partial charge in [0.1, 0.15) is 5.41 Å². The second kappa shape index (κ2) is 7.85. The Morgan fingerprint density at radius 2 is 1.90 bits per heavy atom. The third kappa shape index (κ3) is 3.86. The lowest BCUT2D eigenvalue weighted by atomic mass is 9.72. The van der Waals surface area contributed by atoms with Gasteiger partial charge in [0.05, 0.1) is 6.54 Å². The Kier molecular flexibility index (Phi) is 6.45. The third-order valence-electron chi connectivity index (χ3n) is 4.09. The molecule has 0 aliphatic heterocycles. The van der Waals surface area contributed by atoms with Crippen LogP contribution >= 0.6 is 0 Å². The van der Waals surface area contributed by atoms with Crippen LogP contribution in [0.25, 0.3) is 0 Å². The van der Waals surface area contributed by atoms with Crippen LogP contribution in [0.15, 0.2) is 5.16 Å². The molecule has 0 unspecified atom stereocenters. The lowest BCUT2D eigenvalue weighted by molar-refractivity contribution is -0.143. The molecule has 2 amide bonds. The van der Waals surface area contributed by atoms with E-state index in [2.05, 4.69) is 10.5 Å². The molecule has 0 aromatic heterocycles. The van der Waals surface area contributed by atoms with Gasteiger partial charge >= 0.3 is 0 Å². The van der Waals surface area contributed by atoms with Crippen molar-refractivity contribution >= 4 is 17.6 Å². The first kappa shape index (κ1) is 17.3. The van der Waals surface area contributed by atoms with Gasteiger partial charge in [-0.3, -0.25) is 9.59 Å². The van der Waals surface area contributed by atoms with Crippen LogP contribution in [0.1, 0.15) is 46.0 Å². The van der Waals surface area contributed by atoms with E-state index in [9.17, 15) is 9.59 Å². The smallest absolute Gasteiger partial charge is 0.239 e. The molecule has 120 valence electrons. The van der Waals surface area contributed by atoms with Gasteiger partial charge in [-0.1, -0.05) is 24.4 Å². The molecule has 0 aromatic carbocycles. The predicted molar refractivity (Wildman–Crippen MR) is 79.9 cm³/mol. The van der Waals surface area contributed by atoms with Crippen molar-refractivity contribution in [2.45, 2.75) is 46.0 Å². The van der Waals surface area contributed by atoms with E-state index in [0.717, 1.165) is 19.3 Å². The number of amides is 2. The second-order valence-electron chi connectivity index (χ2n) is 5.40. The van der Waals surface area contributed by atoms with Gasteiger partial charge in [0.25, 0.3) is 0 Å². The molecule has 0 spiro atoms. The van der Waals surface area contributed by atoms with Crippen molar-refractivity contribution in [3.8, 4) is 0 Å². The van der Waals surface area contributed by atoms with E-state index in [-0.39, 0.29) is 24.2 Å². The molecule has 0 bridgehead atoms. The third-order valence-corrected chi connectivity index (χ3v) is 4.09. The maximum absolute atomic E-state index is 12.9. The fourth-order valence-electron chi connectivity index (χ4n) is 2.89. The summed E-state index contributed by atoms with van der Waals surface area (Å²) in [5.74, 6) is -0.453. The van der Waals surface area contributed by atoms with Gasteiger partial charge in [-0.25, -0.2) is 0 Å². The number of amidine groups is 1. The number of carbonyl (C=O) groups is 2. The Bertz CT molecular complexity index is 403. The van der Waals surface area contributed by atoms with E-state index < -0.39 is 5.41 Å². The van der Waals surface area contributed by atoms with E-state index in [1.807, 2.05) is 13.8 Å². The SMILES string of the molecule is CCNC(=O)CN(CC)C(=O)C1(C(N)=NO)CCCCC1. The van der Waals surface area contributed by atoms with Crippen molar-refractivity contribution in [3.05, 3.63) is 0 Å². The molecule has 4 N–H and O–H groups in total. The average Bonchev–Trinajstić information content (AvgIpc) is 2.52. The van der Waals surface area contributed by atoms with Crippen molar-refractivity contribution in [1.29, 1.82) is 0 Å². The largest absolute Gasteiger partial charge is 0.409 e. The van der Waals surface area contributed by atoms with Gasteiger partial charge in [-0.2, -0.15) is 0 Å². The summed E-state index contributed by atoms with van der Waals surface area (Å²) >= 11 is 0. The van der Waals surface area contributed by atoms with Crippen LogP contribution < -0.4 is 11.1 Å². The Morgan fingerprint density at radius 1 is 1.29 bits per heavy atom. The van der Waals surface area contributed by atoms with Crippen LogP contribution in [-0.4, -0.2) is 47.4 Å². The van der Waals surface area contributed by atoms with E-state index in [1.54, 1.807) is 0 Å². The molecule has 1 rings (SSSR count). The van der Waals surface area contributed by atoms with E-state index in [0.29, 0.717) is 25.9 Å². The highest BCUT2D eigenvalue weighted by Gasteiger charge is 2.46. The van der Waals surface area contributed by atoms with E-state index in [4.69, 9.17) is 10.9 Å². The van der Waals surface area contributed by atoms with E-state index in [1.165, 1.54) is 4.90 Å². The van der Waals surface area contributed by atoms with Gasteiger partial charge in [0.2, 0.25) is 11.8 Å². The van der Waals surface area contributed by atoms with Gasteiger partial charge in [0.15, 0.2) is 5.84 Å². The maximum atomic E-state index is 12.9. The highest BCUT2D eigenvalue weighted by molar-refractivity contribution is 6.07. The zero-order chi connectivity index (χ0) is 15.9. The highest BCUT2D eigenvalue weighted by atomic mass is 16.4. The molecule has 0 atom stereocenters. The van der Waals surface area contributed by atoms with Crippen LogP contribution in [0.3, 0.4) is 0 Å². The number of nitrogens with zero attached hydrogens (tertiary/aromatic N) is 2. The zero-order valence-corrected chi connectivity index (χ0v) is 12.9. The molecular weight excluding hydrogens is 272 g/mol. The summed E-state index contributed by atoms with van der Waals surface area (Å²) in [6, 6.07) is 0. The number of likely N-dealkylation sites (N-methyl/N-ethyl adjacent to an activating group) is 2. The number of oxime groups is 1. The fourth-order valence-corrected chi connectivity index (χ4v) is 2.89. The zero-order valence-electron chi connectivity index (χ0n) is 12.9. The second-order valence-corrected chi connectivity index (χ2v) is 5.40. The molecule has 21 heavy (non-hydrogen) atoms. The van der Waals surface area contributed by atoms with Crippen LogP contribution in [0.5, 0.6) is 0 Å². The van der Waals surface area contributed by atoms with Crippen molar-refractivity contribution < 1.29 is 14.8 Å². The lowest BCUT2D eigenvalue weighted by Crippen LogP contribution is -2.54. The van der Waals surface area contributed by atoms with Crippen molar-refractivity contribution in [1.82, 2.24) is 10.2 Å². The predicted octanol–water partition coefficient (Wildman–Crippen LogP) is 0.668. The minimum absolute atomic E-state index is 0.00360. The Hall–Kier alpha value is -1.79. The number of rotatable bonds is 6. The van der Waals surface area contributed by atoms with Gasteiger partial charge < -0.3 is 21.2 Å². The number of nitrogens with two attached hydrogens (primary N) is 1. The first-order valence-electron chi connectivity index (χ1n) is 7.56. The molecule has 7 nitrogen and oxygen atoms in total. The minimum Gasteiger partial charge on any atom is -0.409 e. The highest BCUT2D eigenvalue weighted by Crippen LogP contribution is 2.38. The van der Waals surface area contributed by atoms with Crippen molar-refractivity contribution in [3.63, 3.8) is 0 Å². The van der Waals surface area contributed by atoms with Crippen LogP contribution in [0.2, 0.25) is 0 Å². The van der Waals surface area contributed by atoms with Crippen LogP contribution in [0, 0.1) is 5.41 Å². The topological polar surface area (TPSA) is 108 Å².